The molecule has 0 N–H and O–H groups in total. The van der Waals surface area contributed by atoms with Gasteiger partial charge in [-0.3, -0.25) is 0 Å². The Morgan fingerprint density at radius 1 is 1.50 bits per heavy atom. The first-order chi connectivity index (χ1) is 6.79. The van der Waals surface area contributed by atoms with Gasteiger partial charge in [0.15, 0.2) is 5.15 Å². The summed E-state index contributed by atoms with van der Waals surface area (Å²) in [7, 11) is 0. The van der Waals surface area contributed by atoms with Gasteiger partial charge >= 0.3 is 0 Å². The maximum Gasteiger partial charge on any atom is 0.152 e. The average Bonchev–Trinajstić information content (AvgIpc) is 2.17. The Balaban J connectivity index is 2.16. The summed E-state index contributed by atoms with van der Waals surface area (Å²) in [4.78, 5) is 0. The Hall–Kier alpha value is -0.630. The molecule has 0 radical (unpaired) electrons. The third-order valence-electron chi connectivity index (χ3n) is 2.93. The van der Waals surface area contributed by atoms with Crippen LogP contribution in [0.2, 0.25) is 5.15 Å². The molecule has 0 aromatic carbocycles. The Morgan fingerprint density at radius 2 is 2.36 bits per heavy atom. The predicted molar refractivity (Wildman–Crippen MR) is 57.5 cm³/mol. The Morgan fingerprint density at radius 3 is 3.14 bits per heavy atom. The standard InChI is InChI=1S/C11H15ClN2/c1-2-3-8-4-5-10-9(6-8)7-11(12)14-13-10/h7-8H,2-6H2,1H3. The van der Waals surface area contributed by atoms with Gasteiger partial charge in [0, 0.05) is 0 Å². The molecule has 14 heavy (non-hydrogen) atoms. The maximum atomic E-state index is 5.83. The van der Waals surface area contributed by atoms with Crippen molar-refractivity contribution < 1.29 is 0 Å². The zero-order valence-corrected chi connectivity index (χ0v) is 9.22. The van der Waals surface area contributed by atoms with E-state index in [1.807, 2.05) is 6.07 Å². The van der Waals surface area contributed by atoms with Gasteiger partial charge in [0.2, 0.25) is 0 Å². The zero-order valence-electron chi connectivity index (χ0n) is 8.46. The van der Waals surface area contributed by atoms with Gasteiger partial charge in [-0.25, -0.2) is 0 Å². The predicted octanol–water partition coefficient (Wildman–Crippen LogP) is 3.04. The van der Waals surface area contributed by atoms with Crippen molar-refractivity contribution in [2.24, 2.45) is 5.92 Å². The molecule has 3 heteroatoms. The van der Waals surface area contributed by atoms with Crippen LogP contribution >= 0.6 is 11.6 Å². The van der Waals surface area contributed by atoms with Crippen molar-refractivity contribution in [3.8, 4) is 0 Å². The van der Waals surface area contributed by atoms with Gasteiger partial charge in [-0.05, 0) is 36.8 Å². The van der Waals surface area contributed by atoms with Crippen LogP contribution in [0.5, 0.6) is 0 Å². The van der Waals surface area contributed by atoms with E-state index in [1.54, 1.807) is 0 Å². The Kier molecular flexibility index (Phi) is 3.02. The fraction of sp³-hybridized carbons (Fsp3) is 0.636. The lowest BCUT2D eigenvalue weighted by atomic mass is 9.84. The lowest BCUT2D eigenvalue weighted by Crippen LogP contribution is -2.16. The van der Waals surface area contributed by atoms with E-state index in [0.717, 1.165) is 24.5 Å². The number of aromatic nitrogens is 2. The van der Waals surface area contributed by atoms with Crippen LogP contribution in [-0.4, -0.2) is 10.2 Å². The molecular formula is C11H15ClN2. The number of aryl methyl sites for hydroxylation is 1. The Bertz CT molecular complexity index is 325. The van der Waals surface area contributed by atoms with Crippen LogP contribution in [0.4, 0.5) is 0 Å². The average molecular weight is 211 g/mol. The van der Waals surface area contributed by atoms with Crippen molar-refractivity contribution >= 4 is 11.6 Å². The number of halogens is 1. The van der Waals surface area contributed by atoms with Crippen molar-refractivity contribution in [3.05, 3.63) is 22.5 Å². The summed E-state index contributed by atoms with van der Waals surface area (Å²) in [6.07, 6.45) is 6.06. The molecule has 1 aliphatic rings. The maximum absolute atomic E-state index is 5.83. The largest absolute Gasteiger partial charge is 0.154 e. The van der Waals surface area contributed by atoms with E-state index in [9.17, 15) is 0 Å². The van der Waals surface area contributed by atoms with Gasteiger partial charge < -0.3 is 0 Å². The molecule has 0 saturated heterocycles. The lowest BCUT2D eigenvalue weighted by Gasteiger charge is -2.22. The fourth-order valence-electron chi connectivity index (χ4n) is 2.22. The number of rotatable bonds is 2. The van der Waals surface area contributed by atoms with Crippen molar-refractivity contribution in [2.45, 2.75) is 39.0 Å². The van der Waals surface area contributed by atoms with Crippen LogP contribution in [0.1, 0.15) is 37.4 Å². The van der Waals surface area contributed by atoms with Gasteiger partial charge in [-0.15, -0.1) is 5.10 Å². The van der Waals surface area contributed by atoms with Crippen molar-refractivity contribution in [1.82, 2.24) is 10.2 Å². The molecule has 2 rings (SSSR count). The molecule has 0 amide bonds. The highest BCUT2D eigenvalue weighted by Gasteiger charge is 2.19. The molecule has 1 aromatic heterocycles. The first-order valence-electron chi connectivity index (χ1n) is 5.30. The number of hydrogen-bond acceptors (Lipinski definition) is 2. The second-order valence-corrected chi connectivity index (χ2v) is 4.42. The molecule has 0 fully saturated rings. The van der Waals surface area contributed by atoms with Crippen molar-refractivity contribution in [2.75, 3.05) is 0 Å². The van der Waals surface area contributed by atoms with Crippen LogP contribution in [0.25, 0.3) is 0 Å². The minimum atomic E-state index is 0.529. The SMILES string of the molecule is CCCC1CCc2nnc(Cl)cc2C1. The number of fused-ring (bicyclic) bond motifs is 1. The fourth-order valence-corrected chi connectivity index (χ4v) is 2.39. The molecule has 76 valence electrons. The number of nitrogens with zero attached hydrogens (tertiary/aromatic N) is 2. The first-order valence-corrected chi connectivity index (χ1v) is 5.68. The summed E-state index contributed by atoms with van der Waals surface area (Å²) in [6, 6.07) is 1.98. The van der Waals surface area contributed by atoms with E-state index < -0.39 is 0 Å². The molecule has 1 unspecified atom stereocenters. The monoisotopic (exact) mass is 210 g/mol. The molecule has 0 bridgehead atoms. The van der Waals surface area contributed by atoms with Gasteiger partial charge in [-0.1, -0.05) is 31.4 Å². The first kappa shape index (κ1) is 9.91. The molecule has 0 saturated carbocycles. The zero-order chi connectivity index (χ0) is 9.97. The molecule has 1 aromatic rings. The van der Waals surface area contributed by atoms with E-state index in [0.29, 0.717) is 5.15 Å². The van der Waals surface area contributed by atoms with Crippen LogP contribution < -0.4 is 0 Å². The Labute approximate surface area is 89.7 Å². The molecule has 1 atom stereocenters. The van der Waals surface area contributed by atoms with Crippen LogP contribution in [0.15, 0.2) is 6.07 Å². The van der Waals surface area contributed by atoms with E-state index in [1.165, 1.54) is 24.8 Å². The summed E-state index contributed by atoms with van der Waals surface area (Å²) in [6.45, 7) is 2.24. The second kappa shape index (κ2) is 4.26. The molecule has 1 heterocycles. The van der Waals surface area contributed by atoms with E-state index >= 15 is 0 Å². The molecule has 0 aliphatic heterocycles. The third-order valence-corrected chi connectivity index (χ3v) is 3.11. The van der Waals surface area contributed by atoms with Gasteiger partial charge in [0.25, 0.3) is 0 Å². The highest BCUT2D eigenvalue weighted by molar-refractivity contribution is 6.29. The van der Waals surface area contributed by atoms with Gasteiger partial charge in [0.1, 0.15) is 0 Å². The molecule has 2 nitrogen and oxygen atoms in total. The van der Waals surface area contributed by atoms with Crippen LogP contribution in [-0.2, 0) is 12.8 Å². The van der Waals surface area contributed by atoms with Crippen molar-refractivity contribution in [3.63, 3.8) is 0 Å². The molecular weight excluding hydrogens is 196 g/mol. The summed E-state index contributed by atoms with van der Waals surface area (Å²) in [5.74, 6) is 0.827. The summed E-state index contributed by atoms with van der Waals surface area (Å²) < 4.78 is 0. The minimum absolute atomic E-state index is 0.529. The van der Waals surface area contributed by atoms with E-state index in [4.69, 9.17) is 11.6 Å². The smallest absolute Gasteiger partial charge is 0.152 e. The minimum Gasteiger partial charge on any atom is -0.154 e. The van der Waals surface area contributed by atoms with E-state index in [2.05, 4.69) is 17.1 Å². The van der Waals surface area contributed by atoms with Crippen molar-refractivity contribution in [1.29, 1.82) is 0 Å². The van der Waals surface area contributed by atoms with Crippen LogP contribution in [0, 0.1) is 5.92 Å². The molecule has 0 spiro atoms. The molecule has 1 aliphatic carbocycles. The lowest BCUT2D eigenvalue weighted by molar-refractivity contribution is 0.416. The summed E-state index contributed by atoms with van der Waals surface area (Å²) in [5.41, 5.74) is 2.47. The van der Waals surface area contributed by atoms with Gasteiger partial charge in [0.05, 0.1) is 5.69 Å². The number of hydrogen-bond donors (Lipinski definition) is 0. The second-order valence-electron chi connectivity index (χ2n) is 4.04. The highest BCUT2D eigenvalue weighted by atomic mass is 35.5. The topological polar surface area (TPSA) is 25.8 Å². The third kappa shape index (κ3) is 2.06. The summed E-state index contributed by atoms with van der Waals surface area (Å²) >= 11 is 5.83. The van der Waals surface area contributed by atoms with Crippen LogP contribution in [0.3, 0.4) is 0 Å². The van der Waals surface area contributed by atoms with Gasteiger partial charge in [-0.2, -0.15) is 5.10 Å². The normalized spacial score (nSPS) is 20.6. The van der Waals surface area contributed by atoms with E-state index in [-0.39, 0.29) is 0 Å². The highest BCUT2D eigenvalue weighted by Crippen LogP contribution is 2.27. The quantitative estimate of drug-likeness (QED) is 0.750. The summed E-state index contributed by atoms with van der Waals surface area (Å²) in [5, 5.41) is 8.54.